The van der Waals surface area contributed by atoms with E-state index >= 15 is 0 Å². The molecule has 5 heterocycles. The van der Waals surface area contributed by atoms with Gasteiger partial charge < -0.3 is 38.6 Å². The number of rotatable bonds is 13. The lowest BCUT2D eigenvalue weighted by atomic mass is 9.96. The predicted molar refractivity (Wildman–Crippen MR) is 177 cm³/mol. The van der Waals surface area contributed by atoms with Crippen molar-refractivity contribution in [3.8, 4) is 28.5 Å². The fourth-order valence-corrected chi connectivity index (χ4v) is 7.52. The number of benzene rings is 1. The summed E-state index contributed by atoms with van der Waals surface area (Å²) in [6.07, 6.45) is 1.69. The lowest BCUT2D eigenvalue weighted by Gasteiger charge is -2.46. The average Bonchev–Trinajstić information content (AvgIpc) is 3.84. The number of carboxylic acid groups (broad SMARTS) is 1. The van der Waals surface area contributed by atoms with E-state index < -0.39 is 89.3 Å². The molecule has 2 aliphatic rings. The second-order valence-corrected chi connectivity index (χ2v) is 13.8. The molecule has 2 saturated heterocycles. The van der Waals surface area contributed by atoms with Crippen molar-refractivity contribution in [1.29, 1.82) is 0 Å². The van der Waals surface area contributed by atoms with Gasteiger partial charge in [-0.15, -0.1) is 22.0 Å². The second-order valence-electron chi connectivity index (χ2n) is 12.4. The zero-order valence-electron chi connectivity index (χ0n) is 29.2. The standard InChI is InChI=1S/C32H33F3N8O11S/c1-15(44)51-12-24-28(53-16(2)45)27(42-9-22(38-40-42)17-4-20(33)26(35)21(34)5-17)29(52-13-25(46)47)30(54-24)55-19-6-32(48,14-50-11-19)43-10-23(39-41-43)18-7-36-31(49-3)37-8-18/h4-5,7-10,19,24,27-30,48H,6,11-14H2,1-3H3,(H,46,47). The van der Waals surface area contributed by atoms with Gasteiger partial charge in [0.1, 0.15) is 48.3 Å². The number of nitrogens with zero attached hydrogens (tertiary/aromatic N) is 8. The van der Waals surface area contributed by atoms with E-state index in [1.54, 1.807) is 0 Å². The maximum Gasteiger partial charge on any atom is 0.329 e. The summed E-state index contributed by atoms with van der Waals surface area (Å²) in [5.41, 5.74) is -2.40. The molecule has 1 aromatic carbocycles. The van der Waals surface area contributed by atoms with E-state index in [0.717, 1.165) is 30.3 Å². The number of carboxylic acids is 1. The number of hydrogen-bond acceptors (Lipinski definition) is 17. The second kappa shape index (κ2) is 16.6. The van der Waals surface area contributed by atoms with Crippen molar-refractivity contribution >= 4 is 29.7 Å². The monoisotopic (exact) mass is 794 g/mol. The largest absolute Gasteiger partial charge is 0.480 e. The number of ether oxygens (including phenoxy) is 6. The first-order valence-electron chi connectivity index (χ1n) is 16.4. The number of esters is 2. The summed E-state index contributed by atoms with van der Waals surface area (Å²) in [6, 6.07) is 0.270. The SMILES string of the molecule is COc1ncc(-c2cn(C3(O)COCC(SC4OC(COC(C)=O)C(OC(C)=O)C(n5cc(-c6cc(F)c(F)c(F)c6)nn5)C4OCC(=O)O)C3)nn2)cn1. The zero-order chi connectivity index (χ0) is 39.4. The van der Waals surface area contributed by atoms with Crippen molar-refractivity contribution in [3.05, 3.63) is 54.4 Å². The first kappa shape index (κ1) is 39.5. The van der Waals surface area contributed by atoms with Crippen LogP contribution in [-0.4, -0.2) is 131 Å². The minimum atomic E-state index is -1.74. The minimum Gasteiger partial charge on any atom is -0.480 e. The van der Waals surface area contributed by atoms with E-state index in [2.05, 4.69) is 30.6 Å². The Hall–Kier alpha value is -5.23. The number of hydrogen-bond donors (Lipinski definition) is 2. The fourth-order valence-electron chi connectivity index (χ4n) is 6.01. The van der Waals surface area contributed by atoms with E-state index in [1.807, 2.05) is 0 Å². The molecule has 4 aromatic rings. The van der Waals surface area contributed by atoms with Gasteiger partial charge in [-0.3, -0.25) is 9.59 Å². The Morgan fingerprint density at radius 3 is 2.35 bits per heavy atom. The van der Waals surface area contributed by atoms with Gasteiger partial charge in [0, 0.05) is 49.0 Å². The molecule has 19 nitrogen and oxygen atoms in total. The minimum absolute atomic E-state index is 0.00703. The van der Waals surface area contributed by atoms with Gasteiger partial charge in [0.2, 0.25) is 0 Å². The van der Waals surface area contributed by atoms with E-state index in [-0.39, 0.29) is 36.9 Å². The molecule has 0 aliphatic carbocycles. The number of thioether (sulfide) groups is 1. The quantitative estimate of drug-likeness (QED) is 0.144. The van der Waals surface area contributed by atoms with Crippen LogP contribution in [0.15, 0.2) is 36.9 Å². The molecule has 0 saturated carbocycles. The third kappa shape index (κ3) is 9.02. The van der Waals surface area contributed by atoms with Crippen LogP contribution in [-0.2, 0) is 43.8 Å². The summed E-state index contributed by atoms with van der Waals surface area (Å²) in [6.45, 7) is 0.796. The van der Waals surface area contributed by atoms with Crippen molar-refractivity contribution < 1.29 is 66.2 Å². The van der Waals surface area contributed by atoms with Gasteiger partial charge >= 0.3 is 23.9 Å². The molecule has 0 bridgehead atoms. The van der Waals surface area contributed by atoms with Gasteiger partial charge in [0.25, 0.3) is 0 Å². The Bertz CT molecular complexity index is 2000. The number of methoxy groups -OCH3 is 1. The van der Waals surface area contributed by atoms with Crippen LogP contribution >= 0.6 is 11.8 Å². The van der Waals surface area contributed by atoms with E-state index in [0.29, 0.717) is 23.4 Å². The highest BCUT2D eigenvalue weighted by Gasteiger charge is 2.52. The predicted octanol–water partition coefficient (Wildman–Crippen LogP) is 1.52. The first-order chi connectivity index (χ1) is 26.2. The van der Waals surface area contributed by atoms with Crippen molar-refractivity contribution in [2.75, 3.05) is 33.5 Å². The molecule has 294 valence electrons. The summed E-state index contributed by atoms with van der Waals surface area (Å²) in [5, 5.41) is 37.1. The molecule has 2 aliphatic heterocycles. The summed E-state index contributed by atoms with van der Waals surface area (Å²) in [7, 11) is 1.42. The summed E-state index contributed by atoms with van der Waals surface area (Å²) < 4.78 is 78.3. The molecular weight excluding hydrogens is 761 g/mol. The number of aromatic nitrogens is 8. The molecular formula is C32H33F3N8O11S. The Kier molecular flexibility index (Phi) is 11.9. The molecule has 2 N–H and O–H groups in total. The van der Waals surface area contributed by atoms with Crippen LogP contribution in [0.1, 0.15) is 26.3 Å². The topological polar surface area (TPSA) is 234 Å². The third-order valence-corrected chi connectivity index (χ3v) is 9.74. The fraction of sp³-hybridized carbons (Fsp3) is 0.469. The van der Waals surface area contributed by atoms with E-state index in [1.165, 1.54) is 36.6 Å². The normalized spacial score (nSPS) is 25.3. The van der Waals surface area contributed by atoms with Gasteiger partial charge in [-0.05, 0) is 12.1 Å². The number of carbonyl (C=O) groups excluding carboxylic acids is 2. The maximum absolute atomic E-state index is 14.2. The van der Waals surface area contributed by atoms with Crippen LogP contribution in [0.2, 0.25) is 0 Å². The summed E-state index contributed by atoms with van der Waals surface area (Å²) >= 11 is 1.07. The molecule has 55 heavy (non-hydrogen) atoms. The highest BCUT2D eigenvalue weighted by molar-refractivity contribution is 8.00. The molecule has 7 atom stereocenters. The number of aliphatic carboxylic acids is 1. The first-order valence-corrected chi connectivity index (χ1v) is 17.3. The molecule has 2 fully saturated rings. The van der Waals surface area contributed by atoms with Crippen LogP contribution in [0.5, 0.6) is 6.01 Å². The summed E-state index contributed by atoms with van der Waals surface area (Å²) in [5.74, 6) is -7.54. The molecule has 23 heteroatoms. The number of aliphatic hydroxyl groups is 1. The highest BCUT2D eigenvalue weighted by atomic mass is 32.2. The molecule has 0 radical (unpaired) electrons. The molecule has 0 amide bonds. The van der Waals surface area contributed by atoms with E-state index in [9.17, 15) is 37.8 Å². The zero-order valence-corrected chi connectivity index (χ0v) is 30.0. The Labute approximate surface area is 313 Å². The maximum atomic E-state index is 14.2. The van der Waals surface area contributed by atoms with Crippen LogP contribution in [0.3, 0.4) is 0 Å². The highest BCUT2D eigenvalue weighted by Crippen LogP contribution is 2.43. The number of carbonyl (C=O) groups is 3. The third-order valence-electron chi connectivity index (χ3n) is 8.41. The lowest BCUT2D eigenvalue weighted by Crippen LogP contribution is -2.58. The Balaban J connectivity index is 1.33. The van der Waals surface area contributed by atoms with E-state index in [4.69, 9.17) is 28.4 Å². The van der Waals surface area contributed by atoms with Crippen LogP contribution in [0, 0.1) is 17.5 Å². The van der Waals surface area contributed by atoms with Crippen LogP contribution in [0.4, 0.5) is 13.2 Å². The van der Waals surface area contributed by atoms with Crippen molar-refractivity contribution in [3.63, 3.8) is 0 Å². The smallest absolute Gasteiger partial charge is 0.329 e. The van der Waals surface area contributed by atoms with Crippen molar-refractivity contribution in [1.82, 2.24) is 40.0 Å². The van der Waals surface area contributed by atoms with Crippen LogP contribution < -0.4 is 4.74 Å². The van der Waals surface area contributed by atoms with Crippen molar-refractivity contribution in [2.45, 2.75) is 61.0 Å². The van der Waals surface area contributed by atoms with Crippen LogP contribution in [0.25, 0.3) is 22.5 Å². The van der Waals surface area contributed by atoms with Gasteiger partial charge in [-0.25, -0.2) is 37.3 Å². The average molecular weight is 795 g/mol. The van der Waals surface area contributed by atoms with Gasteiger partial charge in [-0.1, -0.05) is 10.4 Å². The summed E-state index contributed by atoms with van der Waals surface area (Å²) in [4.78, 5) is 44.3. The molecule has 3 aromatic heterocycles. The van der Waals surface area contributed by atoms with Gasteiger partial charge in [0.15, 0.2) is 29.3 Å². The number of halogens is 3. The molecule has 0 spiro atoms. The van der Waals surface area contributed by atoms with Crippen molar-refractivity contribution in [2.24, 2.45) is 0 Å². The Morgan fingerprint density at radius 1 is 1.00 bits per heavy atom. The van der Waals surface area contributed by atoms with Gasteiger partial charge in [-0.2, -0.15) is 0 Å². The molecule has 7 unspecified atom stereocenters. The van der Waals surface area contributed by atoms with Gasteiger partial charge in [0.05, 0.1) is 32.7 Å². The Morgan fingerprint density at radius 2 is 1.69 bits per heavy atom. The lowest BCUT2D eigenvalue weighted by molar-refractivity contribution is -0.214. The molecule has 6 rings (SSSR count).